The standard InChI is InChI=1S/C50H40N2/c1-3-46-49(50(51)40-22-12-6-13-23-40)45-34-41(32-33-47(45)52(46)42-24-14-7-15-25-42)37-28-30-39(31-29-37)48(38-20-10-5-11-21-38)44-27-17-16-26-43(44)35(2)36-18-8-4-9-19-36/h3-12,14-22,24-34,51H,1,13,23H2,2H3/b43-35+,48-44-,51-50?. The lowest BCUT2D eigenvalue weighted by Crippen LogP contribution is -2.29. The molecule has 0 bridgehead atoms. The summed E-state index contributed by atoms with van der Waals surface area (Å²) in [6.07, 6.45) is 10.0. The van der Waals surface area contributed by atoms with E-state index in [1.807, 2.05) is 12.1 Å². The molecule has 0 radical (unpaired) electrons. The molecule has 1 heterocycles. The first kappa shape index (κ1) is 32.7. The number of aromatic nitrogens is 1. The summed E-state index contributed by atoms with van der Waals surface area (Å²) < 4.78 is 2.24. The van der Waals surface area contributed by atoms with Crippen molar-refractivity contribution in [1.82, 2.24) is 4.57 Å². The van der Waals surface area contributed by atoms with Crippen LogP contribution in [0.15, 0.2) is 188 Å². The van der Waals surface area contributed by atoms with E-state index in [0.717, 1.165) is 63.0 Å². The molecule has 1 aromatic heterocycles. The Morgan fingerprint density at radius 2 is 1.25 bits per heavy atom. The molecule has 0 amide bonds. The molecular weight excluding hydrogens is 629 g/mol. The normalized spacial score (nSPS) is 13.8. The summed E-state index contributed by atoms with van der Waals surface area (Å²) in [5.74, 6) is 0. The number of fused-ring (bicyclic) bond motifs is 1. The summed E-state index contributed by atoms with van der Waals surface area (Å²) in [5.41, 5.74) is 13.9. The van der Waals surface area contributed by atoms with Gasteiger partial charge in [-0.25, -0.2) is 0 Å². The lowest BCUT2D eigenvalue weighted by Gasteiger charge is -2.13. The summed E-state index contributed by atoms with van der Waals surface area (Å²) in [5, 5.41) is 13.0. The van der Waals surface area contributed by atoms with E-state index < -0.39 is 0 Å². The second kappa shape index (κ2) is 14.4. The minimum Gasteiger partial charge on any atom is -0.309 e. The van der Waals surface area contributed by atoms with Gasteiger partial charge in [0.05, 0.1) is 16.9 Å². The number of nitrogens with zero attached hydrogens (tertiary/aromatic N) is 1. The molecule has 2 heteroatoms. The topological polar surface area (TPSA) is 28.8 Å². The zero-order chi connectivity index (χ0) is 35.4. The summed E-state index contributed by atoms with van der Waals surface area (Å²) >= 11 is 0. The lowest BCUT2D eigenvalue weighted by molar-refractivity contribution is 1.000. The molecule has 0 saturated carbocycles. The van der Waals surface area contributed by atoms with Crippen LogP contribution < -0.4 is 10.4 Å². The van der Waals surface area contributed by atoms with E-state index in [1.54, 1.807) is 0 Å². The Labute approximate surface area is 305 Å². The van der Waals surface area contributed by atoms with Gasteiger partial charge in [0.1, 0.15) is 0 Å². The van der Waals surface area contributed by atoms with Crippen LogP contribution in [-0.2, 0) is 0 Å². The predicted octanol–water partition coefficient (Wildman–Crippen LogP) is 11.1. The molecular formula is C50H40N2. The molecule has 6 aromatic carbocycles. The Balaban J connectivity index is 1.30. The Morgan fingerprint density at radius 1 is 0.654 bits per heavy atom. The van der Waals surface area contributed by atoms with Crippen molar-refractivity contribution in [3.63, 3.8) is 0 Å². The van der Waals surface area contributed by atoms with Gasteiger partial charge in [0.2, 0.25) is 0 Å². The number of benzene rings is 6. The molecule has 0 fully saturated rings. The third kappa shape index (κ3) is 6.10. The smallest absolute Gasteiger partial charge is 0.0672 e. The van der Waals surface area contributed by atoms with Crippen molar-refractivity contribution >= 4 is 33.8 Å². The van der Waals surface area contributed by atoms with Crippen molar-refractivity contribution in [3.05, 3.63) is 226 Å². The van der Waals surface area contributed by atoms with E-state index in [2.05, 4.69) is 188 Å². The Hall–Kier alpha value is -6.51. The van der Waals surface area contributed by atoms with Gasteiger partial charge in [0.15, 0.2) is 0 Å². The highest BCUT2D eigenvalue weighted by Crippen LogP contribution is 2.36. The summed E-state index contributed by atoms with van der Waals surface area (Å²) in [6.45, 7) is 6.45. The highest BCUT2D eigenvalue weighted by molar-refractivity contribution is 6.20. The van der Waals surface area contributed by atoms with Crippen molar-refractivity contribution < 1.29 is 0 Å². The van der Waals surface area contributed by atoms with Crippen molar-refractivity contribution in [2.75, 3.05) is 0 Å². The van der Waals surface area contributed by atoms with Crippen LogP contribution in [0.3, 0.4) is 0 Å². The van der Waals surface area contributed by atoms with Gasteiger partial charge in [-0.2, -0.15) is 0 Å². The highest BCUT2D eigenvalue weighted by Gasteiger charge is 2.22. The van der Waals surface area contributed by atoms with Crippen LogP contribution in [0.25, 0.3) is 44.9 Å². The molecule has 0 unspecified atom stereocenters. The van der Waals surface area contributed by atoms with Gasteiger partial charge in [-0.05, 0) is 105 Å². The third-order valence-electron chi connectivity index (χ3n) is 10.2. The average Bonchev–Trinajstić information content (AvgIpc) is 3.56. The summed E-state index contributed by atoms with van der Waals surface area (Å²) in [6, 6.07) is 56.1. The summed E-state index contributed by atoms with van der Waals surface area (Å²) in [7, 11) is 0. The molecule has 1 aliphatic carbocycles. The number of allylic oxidation sites excluding steroid dienone is 4. The number of hydrogen-bond acceptors (Lipinski definition) is 1. The van der Waals surface area contributed by atoms with Crippen LogP contribution in [0, 0.1) is 5.41 Å². The van der Waals surface area contributed by atoms with Gasteiger partial charge in [0, 0.05) is 16.6 Å². The fourth-order valence-corrected chi connectivity index (χ4v) is 7.56. The molecule has 0 saturated heterocycles. The van der Waals surface area contributed by atoms with Crippen molar-refractivity contribution in [2.45, 2.75) is 19.8 Å². The van der Waals surface area contributed by atoms with E-state index in [1.165, 1.54) is 32.7 Å². The fraction of sp³-hybridized carbons (Fsp3) is 0.0600. The largest absolute Gasteiger partial charge is 0.309 e. The molecule has 1 N–H and O–H groups in total. The molecule has 1 aliphatic rings. The van der Waals surface area contributed by atoms with Crippen molar-refractivity contribution in [2.24, 2.45) is 0 Å². The number of para-hydroxylation sites is 1. The second-order valence-electron chi connectivity index (χ2n) is 13.3. The average molecular weight is 669 g/mol. The molecule has 0 atom stereocenters. The lowest BCUT2D eigenvalue weighted by atomic mass is 9.91. The fourth-order valence-electron chi connectivity index (χ4n) is 7.56. The van der Waals surface area contributed by atoms with E-state index >= 15 is 0 Å². The zero-order valence-corrected chi connectivity index (χ0v) is 29.4. The van der Waals surface area contributed by atoms with Crippen molar-refractivity contribution in [3.8, 4) is 16.8 Å². The Bertz CT molecular complexity index is 2620. The minimum atomic E-state index is 0.565. The van der Waals surface area contributed by atoms with Gasteiger partial charge in [-0.1, -0.05) is 158 Å². The first-order chi connectivity index (χ1) is 25.6. The monoisotopic (exact) mass is 668 g/mol. The number of rotatable bonds is 8. The van der Waals surface area contributed by atoms with Crippen LogP contribution >= 0.6 is 0 Å². The first-order valence-corrected chi connectivity index (χ1v) is 18.0. The molecule has 250 valence electrons. The third-order valence-corrected chi connectivity index (χ3v) is 10.2. The van der Waals surface area contributed by atoms with E-state index in [9.17, 15) is 5.41 Å². The molecule has 0 spiro atoms. The molecule has 52 heavy (non-hydrogen) atoms. The molecule has 2 nitrogen and oxygen atoms in total. The Morgan fingerprint density at radius 3 is 1.90 bits per heavy atom. The zero-order valence-electron chi connectivity index (χ0n) is 29.4. The Kier molecular flexibility index (Phi) is 9.04. The maximum absolute atomic E-state index is 9.47. The van der Waals surface area contributed by atoms with E-state index in [4.69, 9.17) is 0 Å². The first-order valence-electron chi connectivity index (χ1n) is 18.0. The maximum atomic E-state index is 9.47. The van der Waals surface area contributed by atoms with Gasteiger partial charge in [-0.15, -0.1) is 0 Å². The quantitative estimate of drug-likeness (QED) is 0.156. The van der Waals surface area contributed by atoms with Crippen LogP contribution in [0.5, 0.6) is 0 Å². The van der Waals surface area contributed by atoms with Gasteiger partial charge in [0.25, 0.3) is 0 Å². The highest BCUT2D eigenvalue weighted by atomic mass is 15.0. The molecule has 7 aromatic rings. The van der Waals surface area contributed by atoms with Crippen LogP contribution in [0.4, 0.5) is 0 Å². The minimum absolute atomic E-state index is 0.565. The van der Waals surface area contributed by atoms with Crippen LogP contribution in [-0.4, -0.2) is 10.3 Å². The number of nitrogens with one attached hydrogen (secondary N) is 1. The van der Waals surface area contributed by atoms with Gasteiger partial charge >= 0.3 is 0 Å². The van der Waals surface area contributed by atoms with Gasteiger partial charge in [-0.3, -0.25) is 5.41 Å². The predicted molar refractivity (Wildman–Crippen MR) is 220 cm³/mol. The van der Waals surface area contributed by atoms with E-state index in [0.29, 0.717) is 5.71 Å². The molecule has 8 rings (SSSR count). The summed E-state index contributed by atoms with van der Waals surface area (Å²) in [4.78, 5) is 0. The maximum Gasteiger partial charge on any atom is 0.0672 e. The molecule has 0 aliphatic heterocycles. The van der Waals surface area contributed by atoms with E-state index in [-0.39, 0.29) is 0 Å². The van der Waals surface area contributed by atoms with Crippen LogP contribution in [0.1, 0.15) is 47.7 Å². The number of hydrogen-bond donors (Lipinski definition) is 1. The van der Waals surface area contributed by atoms with Crippen LogP contribution in [0.2, 0.25) is 0 Å². The SMILES string of the molecule is C=Cc1c(C(=N)C2=CC=CCC2)c2cc(-c3ccc(/C(c4ccccc4)=c4/cccc/c4=C(/C)c4ccccc4)cc3)ccc2n1-c1ccccc1. The second-order valence-corrected chi connectivity index (χ2v) is 13.3. The van der Waals surface area contributed by atoms with Gasteiger partial charge < -0.3 is 4.57 Å². The van der Waals surface area contributed by atoms with Crippen molar-refractivity contribution in [1.29, 1.82) is 5.41 Å².